The molecule has 114 valence electrons. The molecule has 8 nitrogen and oxygen atoms in total. The largest absolute Gasteiger partial charge is 0.368 e. The maximum atomic E-state index is 5.90. The topological polar surface area (TPSA) is 82.2 Å². The van der Waals surface area contributed by atoms with E-state index in [0.29, 0.717) is 12.3 Å². The molecule has 0 aliphatic carbocycles. The fourth-order valence-corrected chi connectivity index (χ4v) is 2.87. The van der Waals surface area contributed by atoms with Gasteiger partial charge in [0.25, 0.3) is 0 Å². The van der Waals surface area contributed by atoms with Gasteiger partial charge in [0.2, 0.25) is 5.65 Å². The fourth-order valence-electron chi connectivity index (χ4n) is 2.87. The predicted octanol–water partition coefficient (Wildman–Crippen LogP) is 1.28. The van der Waals surface area contributed by atoms with E-state index in [2.05, 4.69) is 37.0 Å². The first-order chi connectivity index (χ1) is 10.9. The number of imidazole rings is 1. The molecule has 0 radical (unpaired) electrons. The molecule has 1 fully saturated rings. The number of rotatable bonds is 4. The van der Waals surface area contributed by atoms with E-state index < -0.39 is 0 Å². The minimum atomic E-state index is -0.0834. The van der Waals surface area contributed by atoms with Crippen molar-refractivity contribution in [2.24, 2.45) is 0 Å². The van der Waals surface area contributed by atoms with E-state index in [4.69, 9.17) is 4.74 Å². The van der Waals surface area contributed by atoms with Crippen LogP contribution in [-0.4, -0.2) is 41.8 Å². The average molecular weight is 299 g/mol. The van der Waals surface area contributed by atoms with E-state index in [0.717, 1.165) is 24.6 Å². The fraction of sp³-hybridized carbons (Fsp3) is 0.429. The number of anilines is 1. The Balaban J connectivity index is 1.63. The summed E-state index contributed by atoms with van der Waals surface area (Å²) in [5, 5.41) is 11.5. The van der Waals surface area contributed by atoms with Crippen molar-refractivity contribution in [1.29, 1.82) is 0 Å². The van der Waals surface area contributed by atoms with Crippen molar-refractivity contribution in [2.45, 2.75) is 32.0 Å². The molecular formula is C14H17N7O. The molecule has 1 saturated heterocycles. The van der Waals surface area contributed by atoms with Gasteiger partial charge in [-0.2, -0.15) is 0 Å². The second-order valence-electron chi connectivity index (χ2n) is 5.24. The van der Waals surface area contributed by atoms with Crippen molar-refractivity contribution in [3.8, 4) is 0 Å². The molecule has 1 aliphatic heterocycles. The van der Waals surface area contributed by atoms with E-state index >= 15 is 0 Å². The Morgan fingerprint density at radius 2 is 2.23 bits per heavy atom. The van der Waals surface area contributed by atoms with E-state index in [1.165, 1.54) is 0 Å². The number of ether oxygens (including phenoxy) is 1. The van der Waals surface area contributed by atoms with Gasteiger partial charge in [0, 0.05) is 37.9 Å². The van der Waals surface area contributed by atoms with Gasteiger partial charge in [0.15, 0.2) is 5.82 Å². The second kappa shape index (κ2) is 5.38. The Bertz CT molecular complexity index is 780. The first-order valence-corrected chi connectivity index (χ1v) is 7.40. The van der Waals surface area contributed by atoms with E-state index in [1.807, 2.05) is 23.0 Å². The van der Waals surface area contributed by atoms with Crippen molar-refractivity contribution in [2.75, 3.05) is 11.9 Å². The van der Waals surface area contributed by atoms with Gasteiger partial charge >= 0.3 is 0 Å². The van der Waals surface area contributed by atoms with Gasteiger partial charge in [0.05, 0.1) is 6.04 Å². The van der Waals surface area contributed by atoms with Gasteiger partial charge < -0.3 is 14.6 Å². The van der Waals surface area contributed by atoms with Crippen LogP contribution < -0.4 is 5.32 Å². The molecule has 0 unspecified atom stereocenters. The number of fused-ring (bicyclic) bond motifs is 1. The summed E-state index contributed by atoms with van der Waals surface area (Å²) in [5.74, 6) is 1.67. The predicted molar refractivity (Wildman–Crippen MR) is 79.4 cm³/mol. The number of aromatic nitrogens is 6. The van der Waals surface area contributed by atoms with Crippen molar-refractivity contribution < 1.29 is 4.74 Å². The molecule has 1 aliphatic rings. The third-order valence-electron chi connectivity index (χ3n) is 3.97. The number of aryl methyl sites for hydroxylation is 1. The van der Waals surface area contributed by atoms with Crippen molar-refractivity contribution in [3.63, 3.8) is 0 Å². The molecule has 4 heterocycles. The Morgan fingerprint density at radius 1 is 1.32 bits per heavy atom. The van der Waals surface area contributed by atoms with E-state index in [1.54, 1.807) is 12.5 Å². The van der Waals surface area contributed by atoms with Crippen molar-refractivity contribution in [3.05, 3.63) is 36.9 Å². The summed E-state index contributed by atoms with van der Waals surface area (Å²) in [6.45, 7) is 3.68. The van der Waals surface area contributed by atoms with E-state index in [-0.39, 0.29) is 12.1 Å². The smallest absolute Gasteiger partial charge is 0.203 e. The molecule has 0 bridgehead atoms. The first kappa shape index (κ1) is 13.2. The van der Waals surface area contributed by atoms with Gasteiger partial charge in [-0.15, -0.1) is 10.2 Å². The summed E-state index contributed by atoms with van der Waals surface area (Å²) in [4.78, 5) is 8.84. The van der Waals surface area contributed by atoms with Crippen LogP contribution >= 0.6 is 0 Å². The molecule has 0 saturated carbocycles. The van der Waals surface area contributed by atoms with E-state index in [9.17, 15) is 0 Å². The molecule has 0 spiro atoms. The highest BCUT2D eigenvalue weighted by molar-refractivity contribution is 5.62. The van der Waals surface area contributed by atoms with Crippen LogP contribution in [0.25, 0.3) is 5.65 Å². The summed E-state index contributed by atoms with van der Waals surface area (Å²) in [7, 11) is 0. The number of nitrogens with zero attached hydrogens (tertiary/aromatic N) is 6. The Hall–Kier alpha value is -2.48. The zero-order valence-electron chi connectivity index (χ0n) is 12.3. The lowest BCUT2D eigenvalue weighted by atomic mass is 10.1. The molecule has 3 aromatic rings. The van der Waals surface area contributed by atoms with Crippen LogP contribution in [0.5, 0.6) is 0 Å². The molecule has 3 aromatic heterocycles. The highest BCUT2D eigenvalue weighted by Gasteiger charge is 2.33. The Morgan fingerprint density at radius 3 is 3.14 bits per heavy atom. The molecule has 0 aromatic carbocycles. The third-order valence-corrected chi connectivity index (χ3v) is 3.97. The van der Waals surface area contributed by atoms with Crippen LogP contribution in [0.2, 0.25) is 0 Å². The molecule has 22 heavy (non-hydrogen) atoms. The van der Waals surface area contributed by atoms with Crippen LogP contribution in [0.15, 0.2) is 31.1 Å². The number of nitrogens with one attached hydrogen (secondary N) is 1. The molecule has 1 N–H and O–H groups in total. The molecule has 4 rings (SSSR count). The maximum absolute atomic E-state index is 5.90. The summed E-state index contributed by atoms with van der Waals surface area (Å²) in [6, 6.07) is 0.114. The first-order valence-electron chi connectivity index (χ1n) is 7.40. The molecule has 2 atom stereocenters. The van der Waals surface area contributed by atoms with Crippen molar-refractivity contribution in [1.82, 2.24) is 29.1 Å². The van der Waals surface area contributed by atoms with Crippen LogP contribution in [0.3, 0.4) is 0 Å². The van der Waals surface area contributed by atoms with Crippen LogP contribution in [0.1, 0.15) is 25.3 Å². The van der Waals surface area contributed by atoms with Crippen LogP contribution in [0.4, 0.5) is 5.82 Å². The summed E-state index contributed by atoms with van der Waals surface area (Å²) in [6.07, 6.45) is 9.83. The number of hydrogen-bond acceptors (Lipinski definition) is 6. The number of hydrogen-bond donors (Lipinski definition) is 1. The summed E-state index contributed by atoms with van der Waals surface area (Å²) >= 11 is 0. The summed E-state index contributed by atoms with van der Waals surface area (Å²) < 4.78 is 9.85. The second-order valence-corrected chi connectivity index (χ2v) is 5.24. The van der Waals surface area contributed by atoms with Gasteiger partial charge in [-0.1, -0.05) is 0 Å². The SMILES string of the molecule is CCn1ccnc1[C@H]1OCC[C@@H]1Nc1nccn2cnnc12. The zero-order valence-corrected chi connectivity index (χ0v) is 12.3. The van der Waals surface area contributed by atoms with Crippen molar-refractivity contribution >= 4 is 11.5 Å². The quantitative estimate of drug-likeness (QED) is 0.781. The average Bonchev–Trinajstić information content (AvgIpc) is 3.27. The standard InChI is InChI=1S/C14H17N7O/c1-2-20-6-5-16-13(20)11-10(3-8-22-11)18-12-14-19-17-9-21(14)7-4-15-12/h4-7,9-11H,2-3,8H2,1H3,(H,15,18)/t10-,11-/m0/s1. The van der Waals surface area contributed by atoms with Gasteiger partial charge in [-0.05, 0) is 13.3 Å². The van der Waals surface area contributed by atoms with Gasteiger partial charge in [-0.25, -0.2) is 9.97 Å². The summed E-state index contributed by atoms with van der Waals surface area (Å²) in [5.41, 5.74) is 0.715. The highest BCUT2D eigenvalue weighted by Crippen LogP contribution is 2.30. The molecule has 8 heteroatoms. The van der Waals surface area contributed by atoms with Gasteiger partial charge in [-0.3, -0.25) is 4.40 Å². The highest BCUT2D eigenvalue weighted by atomic mass is 16.5. The third kappa shape index (κ3) is 2.12. The minimum absolute atomic E-state index is 0.0834. The minimum Gasteiger partial charge on any atom is -0.368 e. The molecule has 0 amide bonds. The lowest BCUT2D eigenvalue weighted by Gasteiger charge is -2.20. The Kier molecular flexibility index (Phi) is 3.23. The van der Waals surface area contributed by atoms with Crippen LogP contribution in [-0.2, 0) is 11.3 Å². The Labute approximate surface area is 127 Å². The van der Waals surface area contributed by atoms with Crippen LogP contribution in [0, 0.1) is 0 Å². The monoisotopic (exact) mass is 299 g/mol. The maximum Gasteiger partial charge on any atom is 0.203 e. The zero-order chi connectivity index (χ0) is 14.9. The lowest BCUT2D eigenvalue weighted by molar-refractivity contribution is 0.0976. The molecular weight excluding hydrogens is 282 g/mol. The normalized spacial score (nSPS) is 21.5. The van der Waals surface area contributed by atoms with Gasteiger partial charge in [0.1, 0.15) is 18.3 Å². The lowest BCUT2D eigenvalue weighted by Crippen LogP contribution is -2.26.